The van der Waals surface area contributed by atoms with Crippen LogP contribution < -0.4 is 10.1 Å². The molecule has 0 amide bonds. The van der Waals surface area contributed by atoms with Crippen molar-refractivity contribution in [3.05, 3.63) is 59.0 Å². The van der Waals surface area contributed by atoms with E-state index in [2.05, 4.69) is 31.8 Å². The van der Waals surface area contributed by atoms with Crippen molar-refractivity contribution in [3.63, 3.8) is 0 Å². The molecule has 4 aromatic rings. The quantitative estimate of drug-likeness (QED) is 0.604. The van der Waals surface area contributed by atoms with Crippen LogP contribution in [-0.2, 0) is 6.54 Å². The third-order valence-electron chi connectivity index (χ3n) is 3.66. The van der Waals surface area contributed by atoms with Crippen molar-refractivity contribution < 1.29 is 4.74 Å². The molecule has 0 aliphatic rings. The molecule has 6 nitrogen and oxygen atoms in total. The molecular weight excluding hydrogens is 322 g/mol. The van der Waals surface area contributed by atoms with Gasteiger partial charge in [0.2, 0.25) is 0 Å². The lowest BCUT2D eigenvalue weighted by Gasteiger charge is -2.09. The number of aromatic nitrogens is 4. The molecular formula is C17H15N5OS. The lowest BCUT2D eigenvalue weighted by atomic mass is 10.1. The third-order valence-corrected chi connectivity index (χ3v) is 4.54. The van der Waals surface area contributed by atoms with Crippen LogP contribution >= 0.6 is 11.3 Å². The molecule has 7 heteroatoms. The predicted molar refractivity (Wildman–Crippen MR) is 94.4 cm³/mol. The van der Waals surface area contributed by atoms with E-state index in [-0.39, 0.29) is 0 Å². The standard InChI is InChI=1S/C17H15N5OS/c1-23-13-6-4-12(5-7-13)15-9-16(18-10-14-3-2-8-24-14)22-17(21-15)19-11-20-22/h2-9,11,18H,10H2,1H3. The van der Waals surface area contributed by atoms with Crippen LogP contribution in [0.4, 0.5) is 5.82 Å². The summed E-state index contributed by atoms with van der Waals surface area (Å²) in [4.78, 5) is 10.1. The second-order valence-electron chi connectivity index (χ2n) is 5.16. The van der Waals surface area contributed by atoms with Crippen LogP contribution in [0, 0.1) is 0 Å². The molecule has 1 aromatic carbocycles. The first-order valence-corrected chi connectivity index (χ1v) is 8.33. The summed E-state index contributed by atoms with van der Waals surface area (Å²) in [5, 5.41) is 9.73. The molecule has 0 saturated heterocycles. The number of methoxy groups -OCH3 is 1. The maximum atomic E-state index is 5.21. The first-order valence-electron chi connectivity index (χ1n) is 7.45. The third kappa shape index (κ3) is 2.81. The van der Waals surface area contributed by atoms with Crippen molar-refractivity contribution in [1.82, 2.24) is 19.6 Å². The zero-order valence-electron chi connectivity index (χ0n) is 13.0. The number of nitrogens with zero attached hydrogens (tertiary/aromatic N) is 4. The van der Waals surface area contributed by atoms with Gasteiger partial charge >= 0.3 is 0 Å². The van der Waals surface area contributed by atoms with Gasteiger partial charge in [0.25, 0.3) is 5.78 Å². The van der Waals surface area contributed by atoms with Crippen molar-refractivity contribution in [1.29, 1.82) is 0 Å². The molecule has 0 saturated carbocycles. The highest BCUT2D eigenvalue weighted by Crippen LogP contribution is 2.24. The van der Waals surface area contributed by atoms with E-state index in [0.717, 1.165) is 29.4 Å². The normalized spacial score (nSPS) is 10.9. The van der Waals surface area contributed by atoms with Gasteiger partial charge in [-0.15, -0.1) is 11.3 Å². The highest BCUT2D eigenvalue weighted by molar-refractivity contribution is 7.09. The van der Waals surface area contributed by atoms with Gasteiger partial charge in [0.1, 0.15) is 17.9 Å². The van der Waals surface area contributed by atoms with Crippen molar-refractivity contribution in [3.8, 4) is 17.0 Å². The average Bonchev–Trinajstić information content (AvgIpc) is 3.31. The van der Waals surface area contributed by atoms with Gasteiger partial charge < -0.3 is 10.1 Å². The number of benzene rings is 1. The highest BCUT2D eigenvalue weighted by Gasteiger charge is 2.09. The summed E-state index contributed by atoms with van der Waals surface area (Å²) in [7, 11) is 1.65. The molecule has 0 bridgehead atoms. The van der Waals surface area contributed by atoms with E-state index >= 15 is 0 Å². The fraction of sp³-hybridized carbons (Fsp3) is 0.118. The van der Waals surface area contributed by atoms with Gasteiger partial charge in [-0.3, -0.25) is 0 Å². The van der Waals surface area contributed by atoms with E-state index in [1.807, 2.05) is 36.4 Å². The van der Waals surface area contributed by atoms with Gasteiger partial charge in [-0.05, 0) is 35.7 Å². The van der Waals surface area contributed by atoms with Crippen LogP contribution in [0.15, 0.2) is 54.2 Å². The Morgan fingerprint density at radius 2 is 2.08 bits per heavy atom. The van der Waals surface area contributed by atoms with Crippen LogP contribution in [-0.4, -0.2) is 26.7 Å². The first-order chi connectivity index (χ1) is 11.8. The summed E-state index contributed by atoms with van der Waals surface area (Å²) >= 11 is 1.72. The Labute approximate surface area is 142 Å². The minimum absolute atomic E-state index is 0.567. The van der Waals surface area contributed by atoms with E-state index in [1.54, 1.807) is 23.0 Å². The molecule has 120 valence electrons. The summed E-state index contributed by atoms with van der Waals surface area (Å²) in [6, 6.07) is 13.9. The maximum absolute atomic E-state index is 5.21. The SMILES string of the molecule is COc1ccc(-c2cc(NCc3cccs3)n3ncnc3n2)cc1. The number of fused-ring (bicyclic) bond motifs is 1. The highest BCUT2D eigenvalue weighted by atomic mass is 32.1. The number of ether oxygens (including phenoxy) is 1. The lowest BCUT2D eigenvalue weighted by molar-refractivity contribution is 0.415. The summed E-state index contributed by atoms with van der Waals surface area (Å²) in [6.07, 6.45) is 1.51. The largest absolute Gasteiger partial charge is 0.497 e. The van der Waals surface area contributed by atoms with E-state index in [1.165, 1.54) is 11.2 Å². The number of rotatable bonds is 5. The molecule has 0 unspecified atom stereocenters. The molecule has 0 fully saturated rings. The van der Waals surface area contributed by atoms with Gasteiger partial charge in [-0.1, -0.05) is 6.07 Å². The predicted octanol–water partition coefficient (Wildman–Crippen LogP) is 3.47. The Balaban J connectivity index is 1.70. The Morgan fingerprint density at radius 3 is 2.83 bits per heavy atom. The fourth-order valence-electron chi connectivity index (χ4n) is 2.44. The average molecular weight is 337 g/mol. The van der Waals surface area contributed by atoms with E-state index in [4.69, 9.17) is 4.74 Å². The number of hydrogen-bond acceptors (Lipinski definition) is 6. The summed E-state index contributed by atoms with van der Waals surface area (Å²) in [5.41, 5.74) is 1.84. The van der Waals surface area contributed by atoms with Crippen molar-refractivity contribution in [2.24, 2.45) is 0 Å². The van der Waals surface area contributed by atoms with Crippen LogP contribution in [0.3, 0.4) is 0 Å². The van der Waals surface area contributed by atoms with Gasteiger partial charge in [0.15, 0.2) is 0 Å². The molecule has 0 aliphatic heterocycles. The van der Waals surface area contributed by atoms with E-state index < -0.39 is 0 Å². The molecule has 3 heterocycles. The Bertz CT molecular complexity index is 947. The summed E-state index contributed by atoms with van der Waals surface area (Å²) in [5.74, 6) is 2.24. The molecule has 0 atom stereocenters. The van der Waals surface area contributed by atoms with Crippen LogP contribution in [0.1, 0.15) is 4.88 Å². The smallest absolute Gasteiger partial charge is 0.254 e. The monoisotopic (exact) mass is 337 g/mol. The van der Waals surface area contributed by atoms with Crippen LogP contribution in [0.5, 0.6) is 5.75 Å². The molecule has 4 rings (SSSR count). The molecule has 1 N–H and O–H groups in total. The summed E-state index contributed by atoms with van der Waals surface area (Å²) in [6.45, 7) is 0.735. The zero-order valence-corrected chi connectivity index (χ0v) is 13.8. The van der Waals surface area contributed by atoms with Crippen molar-refractivity contribution >= 4 is 22.9 Å². The second kappa shape index (κ2) is 6.29. The Hall–Kier alpha value is -2.93. The Kier molecular flexibility index (Phi) is 3.84. The van der Waals surface area contributed by atoms with Gasteiger partial charge in [0, 0.05) is 16.5 Å². The summed E-state index contributed by atoms with van der Waals surface area (Å²) < 4.78 is 6.92. The number of nitrogens with one attached hydrogen (secondary N) is 1. The number of anilines is 1. The zero-order chi connectivity index (χ0) is 16.4. The van der Waals surface area contributed by atoms with Crippen molar-refractivity contribution in [2.45, 2.75) is 6.54 Å². The van der Waals surface area contributed by atoms with Crippen LogP contribution in [0.25, 0.3) is 17.0 Å². The Morgan fingerprint density at radius 1 is 1.21 bits per heavy atom. The van der Waals surface area contributed by atoms with Gasteiger partial charge in [-0.2, -0.15) is 14.6 Å². The fourth-order valence-corrected chi connectivity index (χ4v) is 3.08. The van der Waals surface area contributed by atoms with Crippen LogP contribution in [0.2, 0.25) is 0 Å². The second-order valence-corrected chi connectivity index (χ2v) is 6.19. The first kappa shape index (κ1) is 14.6. The number of thiophene rings is 1. The molecule has 0 radical (unpaired) electrons. The molecule has 0 aliphatic carbocycles. The van der Waals surface area contributed by atoms with Gasteiger partial charge in [-0.25, -0.2) is 4.98 Å². The van der Waals surface area contributed by atoms with E-state index in [9.17, 15) is 0 Å². The maximum Gasteiger partial charge on any atom is 0.254 e. The minimum atomic E-state index is 0.567. The van der Waals surface area contributed by atoms with E-state index in [0.29, 0.717) is 5.78 Å². The minimum Gasteiger partial charge on any atom is -0.497 e. The molecule has 3 aromatic heterocycles. The topological polar surface area (TPSA) is 64.3 Å². The molecule has 24 heavy (non-hydrogen) atoms. The lowest BCUT2D eigenvalue weighted by Crippen LogP contribution is -2.06. The van der Waals surface area contributed by atoms with Crippen molar-refractivity contribution in [2.75, 3.05) is 12.4 Å². The molecule has 0 spiro atoms. The number of hydrogen-bond donors (Lipinski definition) is 1. The van der Waals surface area contributed by atoms with Gasteiger partial charge in [0.05, 0.1) is 19.3 Å².